The van der Waals surface area contributed by atoms with Gasteiger partial charge in [0.1, 0.15) is 18.0 Å². The molecule has 1 atom stereocenters. The first-order valence-corrected chi connectivity index (χ1v) is 8.45. The summed E-state index contributed by atoms with van der Waals surface area (Å²) in [5, 5.41) is 17.0. The summed E-state index contributed by atoms with van der Waals surface area (Å²) in [5.41, 5.74) is -0.176. The van der Waals surface area contributed by atoms with Crippen molar-refractivity contribution in [3.05, 3.63) is 60.4 Å². The summed E-state index contributed by atoms with van der Waals surface area (Å²) in [7, 11) is 0. The molecule has 7 heteroatoms. The molecule has 2 rings (SSSR count). The number of guanidine groups is 1. The molecule has 0 fully saturated rings. The van der Waals surface area contributed by atoms with Crippen molar-refractivity contribution in [2.24, 2.45) is 4.99 Å². The molecule has 0 amide bonds. The predicted octanol–water partition coefficient (Wildman–Crippen LogP) is 2.54. The van der Waals surface area contributed by atoms with Crippen molar-refractivity contribution in [2.75, 3.05) is 26.2 Å². The molecule has 0 saturated heterocycles. The van der Waals surface area contributed by atoms with E-state index in [2.05, 4.69) is 20.6 Å². The zero-order chi connectivity index (χ0) is 18.0. The van der Waals surface area contributed by atoms with Gasteiger partial charge in [0, 0.05) is 12.7 Å². The summed E-state index contributed by atoms with van der Waals surface area (Å²) in [6.07, 6.45) is 3.38. The van der Waals surface area contributed by atoms with Gasteiger partial charge < -0.3 is 20.5 Å². The second kappa shape index (κ2) is 11.7. The Bertz CT molecular complexity index is 651. The number of ether oxygens (including phenoxy) is 1. The maximum atomic E-state index is 10.6. The molecule has 1 aromatic heterocycles. The quantitative estimate of drug-likeness (QED) is 0.239. The Kier molecular flexibility index (Phi) is 9.97. The van der Waals surface area contributed by atoms with Crippen LogP contribution in [0.3, 0.4) is 0 Å². The standard InChI is InChI=1S/C19H26N4O2.HI/c1-3-21-18(22-12-13-25-17-10-7-11-20-14-17)23-15-19(2,24)16-8-5-4-6-9-16;/h4-11,14,24H,3,12-13,15H2,1-2H3,(H2,21,22,23);1H. The van der Waals surface area contributed by atoms with Crippen LogP contribution in [0.4, 0.5) is 0 Å². The summed E-state index contributed by atoms with van der Waals surface area (Å²) in [6.45, 7) is 5.84. The van der Waals surface area contributed by atoms with Crippen molar-refractivity contribution < 1.29 is 9.84 Å². The molecule has 0 radical (unpaired) electrons. The monoisotopic (exact) mass is 470 g/mol. The van der Waals surface area contributed by atoms with Crippen LogP contribution < -0.4 is 15.4 Å². The average Bonchev–Trinajstić information content (AvgIpc) is 2.65. The predicted molar refractivity (Wildman–Crippen MR) is 115 cm³/mol. The molecule has 0 bridgehead atoms. The fraction of sp³-hybridized carbons (Fsp3) is 0.368. The number of aliphatic hydroxyl groups is 1. The van der Waals surface area contributed by atoms with Crippen LogP contribution in [-0.2, 0) is 5.60 Å². The van der Waals surface area contributed by atoms with Crippen LogP contribution in [0, 0.1) is 0 Å². The van der Waals surface area contributed by atoms with Crippen LogP contribution in [0.1, 0.15) is 19.4 Å². The zero-order valence-corrected chi connectivity index (χ0v) is 17.5. The number of halogens is 1. The molecule has 142 valence electrons. The lowest BCUT2D eigenvalue weighted by atomic mass is 9.96. The van der Waals surface area contributed by atoms with Crippen molar-refractivity contribution in [1.29, 1.82) is 0 Å². The van der Waals surface area contributed by atoms with E-state index in [1.807, 2.05) is 49.4 Å². The number of aliphatic imine (C=N–C) groups is 1. The minimum Gasteiger partial charge on any atom is -0.490 e. The Labute approximate surface area is 172 Å². The van der Waals surface area contributed by atoms with Gasteiger partial charge in [-0.25, -0.2) is 4.99 Å². The molecule has 1 aromatic carbocycles. The molecule has 26 heavy (non-hydrogen) atoms. The number of nitrogens with zero attached hydrogens (tertiary/aromatic N) is 2. The summed E-state index contributed by atoms with van der Waals surface area (Å²) in [5.74, 6) is 1.38. The number of nitrogens with one attached hydrogen (secondary N) is 2. The van der Waals surface area contributed by atoms with E-state index in [0.717, 1.165) is 17.9 Å². The highest BCUT2D eigenvalue weighted by Crippen LogP contribution is 2.20. The Morgan fingerprint density at radius 3 is 2.62 bits per heavy atom. The van der Waals surface area contributed by atoms with Crippen LogP contribution >= 0.6 is 24.0 Å². The Hall–Kier alpha value is -1.87. The fourth-order valence-electron chi connectivity index (χ4n) is 2.23. The van der Waals surface area contributed by atoms with E-state index in [0.29, 0.717) is 19.1 Å². The van der Waals surface area contributed by atoms with E-state index in [4.69, 9.17) is 4.74 Å². The van der Waals surface area contributed by atoms with E-state index >= 15 is 0 Å². The lowest BCUT2D eigenvalue weighted by Gasteiger charge is -2.22. The van der Waals surface area contributed by atoms with Gasteiger partial charge in [0.2, 0.25) is 0 Å². The Balaban J connectivity index is 0.00000338. The highest BCUT2D eigenvalue weighted by Gasteiger charge is 2.22. The van der Waals surface area contributed by atoms with Gasteiger partial charge in [-0.1, -0.05) is 30.3 Å². The molecule has 6 nitrogen and oxygen atoms in total. The van der Waals surface area contributed by atoms with E-state index in [1.54, 1.807) is 19.3 Å². The number of hydrogen-bond acceptors (Lipinski definition) is 4. The van der Waals surface area contributed by atoms with Crippen LogP contribution in [0.25, 0.3) is 0 Å². The van der Waals surface area contributed by atoms with E-state index in [1.165, 1.54) is 0 Å². The van der Waals surface area contributed by atoms with E-state index < -0.39 is 5.60 Å². The van der Waals surface area contributed by atoms with Crippen LogP contribution in [0.2, 0.25) is 0 Å². The fourth-order valence-corrected chi connectivity index (χ4v) is 2.23. The molecule has 1 unspecified atom stereocenters. The smallest absolute Gasteiger partial charge is 0.191 e. The maximum absolute atomic E-state index is 10.6. The first kappa shape index (κ1) is 22.2. The SMILES string of the molecule is CCNC(=NCC(C)(O)c1ccccc1)NCCOc1cccnc1.I. The highest BCUT2D eigenvalue weighted by molar-refractivity contribution is 14.0. The number of aromatic nitrogens is 1. The first-order valence-electron chi connectivity index (χ1n) is 8.45. The van der Waals surface area contributed by atoms with Crippen LogP contribution in [-0.4, -0.2) is 42.3 Å². The summed E-state index contributed by atoms with van der Waals surface area (Å²) in [6, 6.07) is 13.2. The summed E-state index contributed by atoms with van der Waals surface area (Å²) in [4.78, 5) is 8.49. The molecule has 0 saturated carbocycles. The molecule has 0 aliphatic carbocycles. The van der Waals surface area contributed by atoms with Crippen LogP contribution in [0.15, 0.2) is 59.9 Å². The van der Waals surface area contributed by atoms with Gasteiger partial charge in [0.25, 0.3) is 0 Å². The normalized spacial score (nSPS) is 13.3. The highest BCUT2D eigenvalue weighted by atomic mass is 127. The second-order valence-corrected chi connectivity index (χ2v) is 5.80. The minimum absolute atomic E-state index is 0. The van der Waals surface area contributed by atoms with Gasteiger partial charge >= 0.3 is 0 Å². The summed E-state index contributed by atoms with van der Waals surface area (Å²) >= 11 is 0. The van der Waals surface area contributed by atoms with Gasteiger partial charge in [-0.3, -0.25) is 4.98 Å². The number of rotatable bonds is 8. The minimum atomic E-state index is -1.02. The Morgan fingerprint density at radius 1 is 1.19 bits per heavy atom. The van der Waals surface area contributed by atoms with Crippen molar-refractivity contribution in [3.63, 3.8) is 0 Å². The zero-order valence-electron chi connectivity index (χ0n) is 15.2. The molecular formula is C19H27IN4O2. The summed E-state index contributed by atoms with van der Waals surface area (Å²) < 4.78 is 5.59. The van der Waals surface area contributed by atoms with Crippen molar-refractivity contribution >= 4 is 29.9 Å². The maximum Gasteiger partial charge on any atom is 0.191 e. The average molecular weight is 470 g/mol. The van der Waals surface area contributed by atoms with Gasteiger partial charge in [0.05, 0.1) is 19.3 Å². The molecule has 3 N–H and O–H groups in total. The Morgan fingerprint density at radius 2 is 1.96 bits per heavy atom. The molecule has 0 aliphatic heterocycles. The second-order valence-electron chi connectivity index (χ2n) is 5.80. The molecule has 0 spiro atoms. The molecule has 1 heterocycles. The third-order valence-electron chi connectivity index (χ3n) is 3.58. The van der Waals surface area contributed by atoms with E-state index in [-0.39, 0.29) is 30.5 Å². The molecule has 2 aromatic rings. The van der Waals surface area contributed by atoms with Crippen molar-refractivity contribution in [1.82, 2.24) is 15.6 Å². The van der Waals surface area contributed by atoms with E-state index in [9.17, 15) is 5.11 Å². The number of hydrogen-bond donors (Lipinski definition) is 3. The van der Waals surface area contributed by atoms with Gasteiger partial charge in [-0.15, -0.1) is 24.0 Å². The number of benzene rings is 1. The van der Waals surface area contributed by atoms with Crippen molar-refractivity contribution in [2.45, 2.75) is 19.4 Å². The van der Waals surface area contributed by atoms with Gasteiger partial charge in [-0.05, 0) is 31.5 Å². The lowest BCUT2D eigenvalue weighted by molar-refractivity contribution is 0.0672. The van der Waals surface area contributed by atoms with Crippen molar-refractivity contribution in [3.8, 4) is 5.75 Å². The third-order valence-corrected chi connectivity index (χ3v) is 3.58. The number of pyridine rings is 1. The third kappa shape index (κ3) is 7.57. The molecule has 0 aliphatic rings. The van der Waals surface area contributed by atoms with Crippen LogP contribution in [0.5, 0.6) is 5.75 Å². The lowest BCUT2D eigenvalue weighted by Crippen LogP contribution is -2.40. The van der Waals surface area contributed by atoms with Gasteiger partial charge in [-0.2, -0.15) is 0 Å². The first-order chi connectivity index (χ1) is 12.1. The topological polar surface area (TPSA) is 78.8 Å². The largest absolute Gasteiger partial charge is 0.490 e. The molecular weight excluding hydrogens is 443 g/mol. The van der Waals surface area contributed by atoms with Gasteiger partial charge in [0.15, 0.2) is 5.96 Å².